The van der Waals surface area contributed by atoms with Crippen molar-refractivity contribution >= 4 is 48.2 Å². The Bertz CT molecular complexity index is 1220. The minimum atomic E-state index is -5.11. The molecule has 0 radical (unpaired) electrons. The summed E-state index contributed by atoms with van der Waals surface area (Å²) < 4.78 is 48.5. The summed E-state index contributed by atoms with van der Waals surface area (Å²) in [7, 11) is -5.11. The fourth-order valence-electron chi connectivity index (χ4n) is 3.37. The van der Waals surface area contributed by atoms with Gasteiger partial charge in [-0.15, -0.1) is 0 Å². The molecule has 2 aromatic rings. The number of amides is 1. The lowest BCUT2D eigenvalue weighted by Crippen LogP contribution is -2.44. The van der Waals surface area contributed by atoms with Crippen LogP contribution in [-0.2, 0) is 34.1 Å². The molecular formula is C19H26ClFN5O10P. The normalized spacial score (nSPS) is 23.2. The largest absolute Gasteiger partial charge is 0.464 e. The molecule has 4 atom stereocenters. The first-order valence-electron chi connectivity index (χ1n) is 10.8. The maximum absolute atomic E-state index is 16.1. The molecular weight excluding hydrogens is 544 g/mol. The predicted molar refractivity (Wildman–Crippen MR) is 123 cm³/mol. The highest BCUT2D eigenvalue weighted by molar-refractivity contribution is 7.53. The third kappa shape index (κ3) is 6.52. The molecule has 1 aliphatic heterocycles. The zero-order chi connectivity index (χ0) is 27.8. The SMILES string of the molecule is CCOC(=O)C(OC[C@H]1OC[C@](F)(n2cnc3c(NC(=O)OC(C)(C)C)nc(Cl)nc32)[C@@H]1O)P(=O)(O)O. The van der Waals surface area contributed by atoms with E-state index in [-0.39, 0.29) is 28.9 Å². The molecule has 0 aromatic carbocycles. The summed E-state index contributed by atoms with van der Waals surface area (Å²) >= 11 is 5.96. The number of nitrogens with zero attached hydrogens (tertiary/aromatic N) is 4. The number of ether oxygens (including phenoxy) is 4. The Kier molecular flexibility index (Phi) is 8.44. The number of rotatable bonds is 8. The smallest absolute Gasteiger partial charge is 0.413 e. The van der Waals surface area contributed by atoms with Crippen LogP contribution in [0.25, 0.3) is 11.2 Å². The van der Waals surface area contributed by atoms with Gasteiger partial charge in [-0.25, -0.2) is 19.0 Å². The van der Waals surface area contributed by atoms with Crippen LogP contribution in [-0.4, -0.2) is 89.9 Å². The van der Waals surface area contributed by atoms with E-state index >= 15 is 4.39 Å². The van der Waals surface area contributed by atoms with Crippen LogP contribution in [0.5, 0.6) is 0 Å². The third-order valence-electron chi connectivity index (χ3n) is 4.91. The molecule has 1 saturated heterocycles. The van der Waals surface area contributed by atoms with Crippen molar-refractivity contribution < 1.29 is 52.4 Å². The summed E-state index contributed by atoms with van der Waals surface area (Å²) in [4.78, 5) is 54.7. The van der Waals surface area contributed by atoms with Gasteiger partial charge < -0.3 is 33.8 Å². The van der Waals surface area contributed by atoms with Gasteiger partial charge in [0, 0.05) is 0 Å². The first-order valence-corrected chi connectivity index (χ1v) is 12.9. The Morgan fingerprint density at radius 3 is 2.68 bits per heavy atom. The molecule has 0 spiro atoms. The zero-order valence-electron chi connectivity index (χ0n) is 20.1. The molecule has 18 heteroatoms. The topological polar surface area (TPSA) is 204 Å². The average Bonchev–Trinajstić information content (AvgIpc) is 3.29. The van der Waals surface area contributed by atoms with Crippen LogP contribution in [0.15, 0.2) is 6.33 Å². The summed E-state index contributed by atoms with van der Waals surface area (Å²) in [5.74, 6) is -6.50. The second kappa shape index (κ2) is 10.7. The number of carbonyl (C=O) groups is 2. The second-order valence-corrected chi connectivity index (χ2v) is 10.9. The van der Waals surface area contributed by atoms with Gasteiger partial charge in [0.1, 0.15) is 24.4 Å². The molecule has 2 aromatic heterocycles. The number of hydrogen-bond acceptors (Lipinski definition) is 11. The molecule has 0 bridgehead atoms. The van der Waals surface area contributed by atoms with E-state index in [1.165, 1.54) is 6.92 Å². The van der Waals surface area contributed by atoms with Crippen molar-refractivity contribution in [2.75, 3.05) is 25.1 Å². The van der Waals surface area contributed by atoms with Crippen LogP contribution in [0.2, 0.25) is 5.28 Å². The van der Waals surface area contributed by atoms with Crippen LogP contribution >= 0.6 is 19.2 Å². The van der Waals surface area contributed by atoms with Crippen molar-refractivity contribution in [1.82, 2.24) is 19.5 Å². The molecule has 4 N–H and O–H groups in total. The van der Waals surface area contributed by atoms with Crippen molar-refractivity contribution in [2.45, 2.75) is 57.1 Å². The highest BCUT2D eigenvalue weighted by Gasteiger charge is 2.53. The fraction of sp³-hybridized carbons (Fsp3) is 0.632. The predicted octanol–water partition coefficient (Wildman–Crippen LogP) is 1.29. The Hall–Kier alpha value is -2.46. The number of aliphatic hydroxyl groups is 1. The van der Waals surface area contributed by atoms with Crippen molar-refractivity contribution in [1.29, 1.82) is 0 Å². The van der Waals surface area contributed by atoms with E-state index < -0.39 is 62.3 Å². The maximum Gasteiger partial charge on any atom is 0.413 e. The lowest BCUT2D eigenvalue weighted by molar-refractivity contribution is -0.154. The summed E-state index contributed by atoms with van der Waals surface area (Å²) in [6, 6.07) is 0. The minimum absolute atomic E-state index is 0.0805. The van der Waals surface area contributed by atoms with Crippen molar-refractivity contribution in [3.8, 4) is 0 Å². The maximum atomic E-state index is 16.1. The Labute approximate surface area is 214 Å². The van der Waals surface area contributed by atoms with Crippen molar-refractivity contribution in [3.05, 3.63) is 11.6 Å². The fourth-order valence-corrected chi connectivity index (χ4v) is 4.17. The van der Waals surface area contributed by atoms with Gasteiger partial charge in [0.05, 0.1) is 19.5 Å². The molecule has 1 unspecified atom stereocenters. The number of halogens is 2. The van der Waals surface area contributed by atoms with E-state index in [0.29, 0.717) is 0 Å². The Morgan fingerprint density at radius 1 is 1.41 bits per heavy atom. The van der Waals surface area contributed by atoms with E-state index in [2.05, 4.69) is 25.0 Å². The van der Waals surface area contributed by atoms with Crippen LogP contribution < -0.4 is 5.32 Å². The average molecular weight is 570 g/mol. The van der Waals surface area contributed by atoms with Crippen LogP contribution in [0, 0.1) is 0 Å². The van der Waals surface area contributed by atoms with Crippen LogP contribution in [0.1, 0.15) is 27.7 Å². The van der Waals surface area contributed by atoms with Gasteiger partial charge in [-0.05, 0) is 39.3 Å². The van der Waals surface area contributed by atoms with Crippen LogP contribution in [0.3, 0.4) is 0 Å². The highest BCUT2D eigenvalue weighted by Crippen LogP contribution is 2.43. The van der Waals surface area contributed by atoms with Gasteiger partial charge in [0.15, 0.2) is 17.0 Å². The lowest BCUT2D eigenvalue weighted by Gasteiger charge is -2.26. The van der Waals surface area contributed by atoms with Gasteiger partial charge in [0.2, 0.25) is 11.1 Å². The molecule has 15 nitrogen and oxygen atoms in total. The number of hydrogen-bond donors (Lipinski definition) is 4. The third-order valence-corrected chi connectivity index (χ3v) is 6.05. The molecule has 0 aliphatic carbocycles. The van der Waals surface area contributed by atoms with E-state index in [9.17, 15) is 29.0 Å². The number of imidazole rings is 1. The van der Waals surface area contributed by atoms with Gasteiger partial charge in [-0.1, -0.05) is 0 Å². The number of aliphatic hydroxyl groups excluding tert-OH is 1. The molecule has 206 valence electrons. The standard InChI is InChI=1S/C19H26ClFN5O10P/c1-5-33-14(28)15(37(30,31)32)34-6-9-11(27)19(21,7-35-9)26-8-22-10-12(23-16(20)25-13(10)26)24-17(29)36-18(2,3)4/h8-9,11,15,27H,5-7H2,1-4H3,(H2,30,31,32)(H,23,24,25,29)/t9-,11-,15?,19+/m1/s1. The number of nitrogens with one attached hydrogen (secondary N) is 1. The number of carbonyl (C=O) groups excluding carboxylic acids is 2. The van der Waals surface area contributed by atoms with Gasteiger partial charge in [0.25, 0.3) is 5.85 Å². The summed E-state index contributed by atoms with van der Waals surface area (Å²) in [5, 5.41) is 12.7. The van der Waals surface area contributed by atoms with E-state index in [1.807, 2.05) is 0 Å². The van der Waals surface area contributed by atoms with E-state index in [4.69, 9.17) is 25.8 Å². The Balaban J connectivity index is 1.84. The summed E-state index contributed by atoms with van der Waals surface area (Å²) in [6.07, 6.45) is -3.33. The van der Waals surface area contributed by atoms with Crippen molar-refractivity contribution in [3.63, 3.8) is 0 Å². The minimum Gasteiger partial charge on any atom is -0.464 e. The lowest BCUT2D eigenvalue weighted by atomic mass is 10.1. The molecule has 0 saturated carbocycles. The molecule has 1 amide bonds. The van der Waals surface area contributed by atoms with E-state index in [1.54, 1.807) is 20.8 Å². The molecule has 3 rings (SSSR count). The number of fused-ring (bicyclic) bond motifs is 1. The molecule has 1 aliphatic rings. The Morgan fingerprint density at radius 2 is 2.08 bits per heavy atom. The van der Waals surface area contributed by atoms with Gasteiger partial charge >= 0.3 is 19.7 Å². The van der Waals surface area contributed by atoms with Gasteiger partial charge in [-0.2, -0.15) is 9.97 Å². The van der Waals surface area contributed by atoms with Gasteiger partial charge in [-0.3, -0.25) is 14.4 Å². The first kappa shape index (κ1) is 29.1. The number of aromatic nitrogens is 4. The highest BCUT2D eigenvalue weighted by atomic mass is 35.5. The molecule has 1 fully saturated rings. The first-order chi connectivity index (χ1) is 17.1. The van der Waals surface area contributed by atoms with Crippen molar-refractivity contribution in [2.24, 2.45) is 0 Å². The second-order valence-electron chi connectivity index (χ2n) is 8.89. The van der Waals surface area contributed by atoms with E-state index in [0.717, 1.165) is 10.9 Å². The summed E-state index contributed by atoms with van der Waals surface area (Å²) in [6.45, 7) is 4.67. The number of alkyl halides is 1. The monoisotopic (exact) mass is 569 g/mol. The quantitative estimate of drug-likeness (QED) is 0.201. The van der Waals surface area contributed by atoms with Crippen LogP contribution in [0.4, 0.5) is 15.0 Å². The summed E-state index contributed by atoms with van der Waals surface area (Å²) in [5.41, 5.74) is -1.11. The number of esters is 1. The number of anilines is 1. The zero-order valence-corrected chi connectivity index (χ0v) is 21.8. The molecule has 37 heavy (non-hydrogen) atoms. The molecule has 3 heterocycles.